The summed E-state index contributed by atoms with van der Waals surface area (Å²) in [5.74, 6) is -0.191. The lowest BCUT2D eigenvalue weighted by Gasteiger charge is -2.20. The lowest BCUT2D eigenvalue weighted by atomic mass is 10.1. The van der Waals surface area contributed by atoms with Crippen molar-refractivity contribution in [3.8, 4) is 5.75 Å². The Morgan fingerprint density at radius 2 is 1.59 bits per heavy atom. The Balaban J connectivity index is 1.80. The summed E-state index contributed by atoms with van der Waals surface area (Å²) in [4.78, 5) is 25.3. The number of carbonyl (C=O) groups excluding carboxylic acids is 2. The van der Waals surface area contributed by atoms with E-state index in [9.17, 15) is 18.0 Å². The normalized spacial score (nSPS) is 11.0. The van der Waals surface area contributed by atoms with Crippen LogP contribution >= 0.6 is 36.0 Å². The second kappa shape index (κ2) is 10.5. The van der Waals surface area contributed by atoms with E-state index in [1.165, 1.54) is 55.6 Å². The number of halogens is 2. The lowest BCUT2D eigenvalue weighted by molar-refractivity contribution is 0.102. The SMILES string of the molecule is COc1ccc(C(=O)Nc2ccc(Cl)c(Cl)c2)cc1N(S)C(=O)Nc1ccc(S(N)(=O)=O)cc1. The molecule has 0 unspecified atom stereocenters. The minimum Gasteiger partial charge on any atom is -0.495 e. The molecular weight excluding hydrogens is 523 g/mol. The van der Waals surface area contributed by atoms with Crippen LogP contribution in [0.25, 0.3) is 0 Å². The molecule has 13 heteroatoms. The zero-order valence-corrected chi connectivity index (χ0v) is 20.7. The van der Waals surface area contributed by atoms with Crippen molar-refractivity contribution < 1.29 is 22.7 Å². The number of nitrogens with one attached hydrogen (secondary N) is 2. The molecule has 0 saturated heterocycles. The second-order valence-electron chi connectivity index (χ2n) is 6.78. The van der Waals surface area contributed by atoms with Crippen molar-refractivity contribution in [1.82, 2.24) is 0 Å². The third kappa shape index (κ3) is 6.13. The van der Waals surface area contributed by atoms with Gasteiger partial charge in [-0.05, 0) is 60.7 Å². The van der Waals surface area contributed by atoms with Crippen LogP contribution in [0.5, 0.6) is 5.75 Å². The summed E-state index contributed by atoms with van der Waals surface area (Å²) in [6, 6.07) is 13.7. The molecule has 3 aromatic rings. The van der Waals surface area contributed by atoms with Crippen molar-refractivity contribution in [1.29, 1.82) is 0 Å². The summed E-state index contributed by atoms with van der Waals surface area (Å²) >= 11 is 16.1. The molecule has 0 spiro atoms. The van der Waals surface area contributed by atoms with Gasteiger partial charge in [0.2, 0.25) is 10.0 Å². The van der Waals surface area contributed by atoms with Gasteiger partial charge >= 0.3 is 6.03 Å². The van der Waals surface area contributed by atoms with E-state index >= 15 is 0 Å². The van der Waals surface area contributed by atoms with Crippen molar-refractivity contribution in [3.05, 3.63) is 76.3 Å². The topological polar surface area (TPSA) is 131 Å². The molecule has 0 heterocycles. The Hall–Kier alpha value is -2.96. The van der Waals surface area contributed by atoms with Crippen molar-refractivity contribution in [3.63, 3.8) is 0 Å². The highest BCUT2D eigenvalue weighted by Gasteiger charge is 2.20. The first-order valence-corrected chi connectivity index (χ1v) is 12.1. The molecule has 34 heavy (non-hydrogen) atoms. The van der Waals surface area contributed by atoms with E-state index in [1.54, 1.807) is 12.1 Å². The Kier molecular flexibility index (Phi) is 7.95. The lowest BCUT2D eigenvalue weighted by Crippen LogP contribution is -2.27. The number of methoxy groups -OCH3 is 1. The maximum atomic E-state index is 12.7. The van der Waals surface area contributed by atoms with Gasteiger partial charge in [0.25, 0.3) is 5.91 Å². The monoisotopic (exact) mass is 540 g/mol. The number of sulfonamides is 1. The highest BCUT2D eigenvalue weighted by atomic mass is 35.5. The summed E-state index contributed by atoms with van der Waals surface area (Å²) in [6.07, 6.45) is 0. The largest absolute Gasteiger partial charge is 0.495 e. The van der Waals surface area contributed by atoms with Crippen LogP contribution in [0.1, 0.15) is 10.4 Å². The van der Waals surface area contributed by atoms with Crippen molar-refractivity contribution in [2.75, 3.05) is 22.0 Å². The van der Waals surface area contributed by atoms with Crippen LogP contribution in [0, 0.1) is 0 Å². The number of hydrogen-bond acceptors (Lipinski definition) is 6. The summed E-state index contributed by atoms with van der Waals surface area (Å²) < 4.78 is 29.0. The number of amides is 3. The molecule has 0 aliphatic carbocycles. The first-order valence-electron chi connectivity index (χ1n) is 9.37. The smallest absolute Gasteiger partial charge is 0.336 e. The second-order valence-corrected chi connectivity index (χ2v) is 9.56. The van der Waals surface area contributed by atoms with Crippen molar-refractivity contribution in [2.24, 2.45) is 5.14 Å². The number of primary sulfonamides is 1. The van der Waals surface area contributed by atoms with Gasteiger partial charge in [-0.3, -0.25) is 4.79 Å². The van der Waals surface area contributed by atoms with E-state index in [0.29, 0.717) is 16.4 Å². The van der Waals surface area contributed by atoms with Gasteiger partial charge in [-0.2, -0.15) is 0 Å². The Labute approximate surface area is 211 Å². The maximum absolute atomic E-state index is 12.7. The predicted octanol–water partition coefficient (Wildman–Crippen LogP) is 4.79. The maximum Gasteiger partial charge on any atom is 0.336 e. The molecule has 3 rings (SSSR count). The standard InChI is InChI=1S/C21H18Cl2N4O5S2/c1-32-19-9-2-12(20(28)25-14-5-8-16(22)17(23)11-14)10-18(19)27(33)21(29)26-13-3-6-15(7-4-13)34(24,30)31/h2-11,33H,1H3,(H,25,28)(H,26,29)(H2,24,30,31). The van der Waals surface area contributed by atoms with Gasteiger partial charge in [0, 0.05) is 16.9 Å². The summed E-state index contributed by atoms with van der Waals surface area (Å²) in [7, 11) is -2.46. The number of nitrogens with two attached hydrogens (primary N) is 1. The Morgan fingerprint density at radius 3 is 2.18 bits per heavy atom. The summed E-state index contributed by atoms with van der Waals surface area (Å²) in [5.41, 5.74) is 1.13. The summed E-state index contributed by atoms with van der Waals surface area (Å²) in [5, 5.41) is 11.0. The minimum absolute atomic E-state index is 0.101. The molecular formula is C21H18Cl2N4O5S2. The van der Waals surface area contributed by atoms with Crippen LogP contribution in [0.3, 0.4) is 0 Å². The van der Waals surface area contributed by atoms with Gasteiger partial charge in [-0.1, -0.05) is 36.0 Å². The predicted molar refractivity (Wildman–Crippen MR) is 136 cm³/mol. The van der Waals surface area contributed by atoms with Gasteiger partial charge in [0.05, 0.1) is 27.7 Å². The van der Waals surface area contributed by atoms with Gasteiger partial charge in [-0.25, -0.2) is 22.7 Å². The van der Waals surface area contributed by atoms with E-state index in [0.717, 1.165) is 4.31 Å². The van der Waals surface area contributed by atoms with Crippen LogP contribution in [0.15, 0.2) is 65.6 Å². The quantitative estimate of drug-likeness (QED) is 0.334. The Bertz CT molecular complexity index is 1350. The van der Waals surface area contributed by atoms with Crippen LogP contribution in [-0.2, 0) is 10.0 Å². The van der Waals surface area contributed by atoms with Gasteiger partial charge in [0.1, 0.15) is 5.75 Å². The first-order chi connectivity index (χ1) is 16.0. The van der Waals surface area contributed by atoms with Crippen LogP contribution < -0.4 is 24.8 Å². The van der Waals surface area contributed by atoms with Crippen LogP contribution in [0.4, 0.5) is 21.9 Å². The van der Waals surface area contributed by atoms with Crippen molar-refractivity contribution >= 4 is 75.0 Å². The molecule has 0 fully saturated rings. The minimum atomic E-state index is -3.86. The molecule has 0 atom stereocenters. The number of carbonyl (C=O) groups is 2. The molecule has 9 nitrogen and oxygen atoms in total. The fraction of sp³-hybridized carbons (Fsp3) is 0.0476. The van der Waals surface area contributed by atoms with E-state index < -0.39 is 22.0 Å². The number of urea groups is 1. The summed E-state index contributed by atoms with van der Waals surface area (Å²) in [6.45, 7) is 0. The van der Waals surface area contributed by atoms with Crippen molar-refractivity contribution in [2.45, 2.75) is 4.90 Å². The molecule has 0 aromatic heterocycles. The number of nitrogens with zero attached hydrogens (tertiary/aromatic N) is 1. The van der Waals surface area contributed by atoms with E-state index in [2.05, 4.69) is 23.4 Å². The van der Waals surface area contributed by atoms with Crippen LogP contribution in [-0.4, -0.2) is 27.5 Å². The zero-order valence-electron chi connectivity index (χ0n) is 17.5. The fourth-order valence-corrected chi connectivity index (χ4v) is 3.81. The van der Waals surface area contributed by atoms with Gasteiger partial charge in [0.15, 0.2) is 0 Å². The molecule has 0 saturated carbocycles. The van der Waals surface area contributed by atoms with E-state index in [1.807, 2.05) is 0 Å². The van der Waals surface area contributed by atoms with Gasteiger partial charge < -0.3 is 15.4 Å². The molecule has 3 amide bonds. The number of rotatable bonds is 6. The molecule has 0 aliphatic rings. The third-order valence-electron chi connectivity index (χ3n) is 4.47. The average Bonchev–Trinajstić information content (AvgIpc) is 2.80. The van der Waals surface area contributed by atoms with Gasteiger partial charge in [-0.15, -0.1) is 0 Å². The molecule has 0 radical (unpaired) electrons. The average molecular weight is 541 g/mol. The van der Waals surface area contributed by atoms with Crippen LogP contribution in [0.2, 0.25) is 10.0 Å². The van der Waals surface area contributed by atoms with E-state index in [-0.39, 0.29) is 26.9 Å². The molecule has 4 N–H and O–H groups in total. The molecule has 3 aromatic carbocycles. The highest BCUT2D eigenvalue weighted by Crippen LogP contribution is 2.32. The molecule has 0 bridgehead atoms. The third-order valence-corrected chi connectivity index (χ3v) is 6.54. The molecule has 178 valence electrons. The number of hydrogen-bond donors (Lipinski definition) is 4. The highest BCUT2D eigenvalue weighted by molar-refractivity contribution is 7.89. The zero-order chi connectivity index (χ0) is 25.0. The van der Waals surface area contributed by atoms with E-state index in [4.69, 9.17) is 33.1 Å². The number of benzene rings is 3. The number of ether oxygens (including phenoxy) is 1. The fourth-order valence-electron chi connectivity index (χ4n) is 2.79. The first kappa shape index (κ1) is 25.7. The molecule has 0 aliphatic heterocycles. The number of thiol groups is 1. The number of anilines is 3. The Morgan fingerprint density at radius 1 is 0.941 bits per heavy atom.